The van der Waals surface area contributed by atoms with Gasteiger partial charge in [0.25, 0.3) is 0 Å². The Morgan fingerprint density at radius 3 is 1.30 bits per heavy atom. The van der Waals surface area contributed by atoms with Crippen molar-refractivity contribution >= 4 is 54.3 Å². The molecule has 0 radical (unpaired) electrons. The molecule has 0 atom stereocenters. The summed E-state index contributed by atoms with van der Waals surface area (Å²) in [4.78, 5) is 15.0. The molecule has 0 unspecified atom stereocenters. The number of nitrogens with zero attached hydrogens (tertiary/aromatic N) is 3. The topological polar surface area (TPSA) is 51.8 Å². The highest BCUT2D eigenvalue weighted by molar-refractivity contribution is 6.10. The van der Waals surface area contributed by atoms with E-state index >= 15 is 0 Å². The molecule has 200 valence electrons. The molecule has 4 nitrogen and oxygen atoms in total. The third kappa shape index (κ3) is 4.03. The Labute approximate surface area is 246 Å². The van der Waals surface area contributed by atoms with E-state index in [2.05, 4.69) is 133 Å². The molecule has 0 N–H and O–H groups in total. The fraction of sp³-hybridized carbons (Fsp3) is 0. The van der Waals surface area contributed by atoms with Crippen LogP contribution < -0.4 is 0 Å². The fourth-order valence-electron chi connectivity index (χ4n) is 6.02. The number of benzene rings is 7. The van der Waals surface area contributed by atoms with Crippen LogP contribution >= 0.6 is 0 Å². The first kappa shape index (κ1) is 23.8. The molecule has 0 saturated carbocycles. The Kier molecular flexibility index (Phi) is 5.16. The molecule has 0 aliphatic carbocycles. The molecule has 0 bridgehead atoms. The maximum Gasteiger partial charge on any atom is 0.164 e. The normalized spacial score (nSPS) is 11.7. The van der Waals surface area contributed by atoms with Crippen molar-refractivity contribution < 1.29 is 4.42 Å². The highest BCUT2D eigenvalue weighted by Crippen LogP contribution is 2.35. The van der Waals surface area contributed by atoms with Gasteiger partial charge in [0.1, 0.15) is 11.2 Å². The second-order valence-electron chi connectivity index (χ2n) is 10.9. The van der Waals surface area contributed by atoms with Gasteiger partial charge in [-0.25, -0.2) is 15.0 Å². The lowest BCUT2D eigenvalue weighted by Gasteiger charge is -2.10. The molecule has 0 aliphatic rings. The number of fused-ring (bicyclic) bond motifs is 6. The highest BCUT2D eigenvalue weighted by atomic mass is 16.3. The van der Waals surface area contributed by atoms with Crippen molar-refractivity contribution in [2.45, 2.75) is 0 Å². The third-order valence-electron chi connectivity index (χ3n) is 8.25. The van der Waals surface area contributed by atoms with Crippen LogP contribution in [0.2, 0.25) is 0 Å². The largest absolute Gasteiger partial charge is 0.456 e. The summed E-state index contributed by atoms with van der Waals surface area (Å²) in [5.41, 5.74) is 4.45. The minimum atomic E-state index is 0.605. The molecule has 4 heteroatoms. The Balaban J connectivity index is 1.24. The van der Waals surface area contributed by atoms with Crippen molar-refractivity contribution in [3.63, 3.8) is 0 Å². The van der Waals surface area contributed by atoms with Crippen LogP contribution in [-0.2, 0) is 0 Å². The van der Waals surface area contributed by atoms with Crippen molar-refractivity contribution in [3.8, 4) is 34.2 Å². The van der Waals surface area contributed by atoms with Gasteiger partial charge in [0.2, 0.25) is 0 Å². The van der Waals surface area contributed by atoms with Crippen LogP contribution in [0.25, 0.3) is 88.4 Å². The first-order chi connectivity index (χ1) is 21.2. The first-order valence-electron chi connectivity index (χ1n) is 14.4. The van der Waals surface area contributed by atoms with E-state index in [-0.39, 0.29) is 0 Å². The zero-order valence-electron chi connectivity index (χ0n) is 23.0. The maximum atomic E-state index is 6.38. The van der Waals surface area contributed by atoms with E-state index in [0.717, 1.165) is 54.8 Å². The summed E-state index contributed by atoms with van der Waals surface area (Å²) in [6, 6.07) is 48.3. The predicted molar refractivity (Wildman–Crippen MR) is 176 cm³/mol. The van der Waals surface area contributed by atoms with E-state index in [0.29, 0.717) is 17.5 Å². The summed E-state index contributed by atoms with van der Waals surface area (Å²) in [6.45, 7) is 0. The fourth-order valence-corrected chi connectivity index (χ4v) is 6.02. The maximum absolute atomic E-state index is 6.38. The minimum Gasteiger partial charge on any atom is -0.456 e. The van der Waals surface area contributed by atoms with Crippen LogP contribution in [0.1, 0.15) is 0 Å². The highest BCUT2D eigenvalue weighted by Gasteiger charge is 2.16. The van der Waals surface area contributed by atoms with E-state index in [1.54, 1.807) is 0 Å². The molecule has 2 aromatic heterocycles. The standard InChI is InChI=1S/C39H23N3O/c1-3-9-26-19-30(15-13-24(26)7-1)37-40-38(31-16-14-25-8-2-4-10-27(25)20-31)42-39(41-37)32-17-18-33-34-21-28-11-5-6-12-29(28)22-36(34)43-35(33)23-32/h1-23H. The van der Waals surface area contributed by atoms with E-state index in [4.69, 9.17) is 19.4 Å². The van der Waals surface area contributed by atoms with Gasteiger partial charge in [0, 0.05) is 27.5 Å². The smallest absolute Gasteiger partial charge is 0.164 e. The summed E-state index contributed by atoms with van der Waals surface area (Å²) in [7, 11) is 0. The molecule has 0 saturated heterocycles. The Bertz CT molecular complexity index is 2430. The van der Waals surface area contributed by atoms with Crippen LogP contribution in [0.3, 0.4) is 0 Å². The van der Waals surface area contributed by atoms with Gasteiger partial charge >= 0.3 is 0 Å². The lowest BCUT2D eigenvalue weighted by molar-refractivity contribution is 0.669. The Morgan fingerprint density at radius 2 is 0.744 bits per heavy atom. The van der Waals surface area contributed by atoms with E-state index in [1.807, 2.05) is 6.07 Å². The zero-order chi connectivity index (χ0) is 28.3. The van der Waals surface area contributed by atoms with Gasteiger partial charge in [-0.2, -0.15) is 0 Å². The summed E-state index contributed by atoms with van der Waals surface area (Å²) >= 11 is 0. The molecule has 0 amide bonds. The molecular formula is C39H23N3O. The van der Waals surface area contributed by atoms with Gasteiger partial charge in [0.05, 0.1) is 0 Å². The van der Waals surface area contributed by atoms with Crippen molar-refractivity contribution in [2.24, 2.45) is 0 Å². The summed E-state index contributed by atoms with van der Waals surface area (Å²) in [6.07, 6.45) is 0. The molecule has 9 rings (SSSR count). The van der Waals surface area contributed by atoms with Crippen molar-refractivity contribution in [2.75, 3.05) is 0 Å². The van der Waals surface area contributed by atoms with Gasteiger partial charge < -0.3 is 4.42 Å². The summed E-state index contributed by atoms with van der Waals surface area (Å²) in [5, 5.41) is 9.17. The molecule has 2 heterocycles. The van der Waals surface area contributed by atoms with Gasteiger partial charge in [-0.15, -0.1) is 0 Å². The average Bonchev–Trinajstić information content (AvgIpc) is 3.43. The van der Waals surface area contributed by atoms with Crippen LogP contribution in [0, 0.1) is 0 Å². The van der Waals surface area contributed by atoms with E-state index in [9.17, 15) is 0 Å². The monoisotopic (exact) mass is 549 g/mol. The van der Waals surface area contributed by atoms with Crippen LogP contribution in [0.4, 0.5) is 0 Å². The SMILES string of the molecule is c1ccc2cc(-c3nc(-c4ccc5ccccc5c4)nc(-c4ccc5c(c4)oc4cc6ccccc6cc45)n3)ccc2c1. The molecule has 43 heavy (non-hydrogen) atoms. The number of aromatic nitrogens is 3. The Hall–Kier alpha value is -5.87. The van der Waals surface area contributed by atoms with E-state index in [1.165, 1.54) is 16.2 Å². The number of hydrogen-bond donors (Lipinski definition) is 0. The van der Waals surface area contributed by atoms with Crippen LogP contribution in [-0.4, -0.2) is 15.0 Å². The second-order valence-corrected chi connectivity index (χ2v) is 10.9. The molecule has 7 aromatic carbocycles. The zero-order valence-corrected chi connectivity index (χ0v) is 23.0. The quantitative estimate of drug-likeness (QED) is 0.220. The van der Waals surface area contributed by atoms with Gasteiger partial charge in [-0.1, -0.05) is 103 Å². The number of rotatable bonds is 3. The molecule has 0 fully saturated rings. The Morgan fingerprint density at radius 1 is 0.326 bits per heavy atom. The van der Waals surface area contributed by atoms with Gasteiger partial charge in [-0.05, 0) is 68.7 Å². The predicted octanol–water partition coefficient (Wildman–Crippen LogP) is 10.2. The minimum absolute atomic E-state index is 0.605. The van der Waals surface area contributed by atoms with Crippen LogP contribution in [0.15, 0.2) is 144 Å². The van der Waals surface area contributed by atoms with Crippen molar-refractivity contribution in [1.82, 2.24) is 15.0 Å². The third-order valence-corrected chi connectivity index (χ3v) is 8.25. The average molecular weight is 550 g/mol. The lowest BCUT2D eigenvalue weighted by Crippen LogP contribution is -2.00. The summed E-state index contributed by atoms with van der Waals surface area (Å²) < 4.78 is 6.38. The molecule has 9 aromatic rings. The van der Waals surface area contributed by atoms with Gasteiger partial charge in [-0.3, -0.25) is 0 Å². The first-order valence-corrected chi connectivity index (χ1v) is 14.4. The van der Waals surface area contributed by atoms with Crippen molar-refractivity contribution in [1.29, 1.82) is 0 Å². The number of furan rings is 1. The molecule has 0 spiro atoms. The number of hydrogen-bond acceptors (Lipinski definition) is 4. The van der Waals surface area contributed by atoms with Crippen LogP contribution in [0.5, 0.6) is 0 Å². The molecule has 0 aliphatic heterocycles. The summed E-state index contributed by atoms with van der Waals surface area (Å²) in [5.74, 6) is 1.87. The molecular weight excluding hydrogens is 526 g/mol. The van der Waals surface area contributed by atoms with Crippen molar-refractivity contribution in [3.05, 3.63) is 140 Å². The van der Waals surface area contributed by atoms with E-state index < -0.39 is 0 Å². The second kappa shape index (κ2) is 9.33. The lowest BCUT2D eigenvalue weighted by atomic mass is 10.0. The van der Waals surface area contributed by atoms with Gasteiger partial charge in [0.15, 0.2) is 17.5 Å².